The van der Waals surface area contributed by atoms with Crippen molar-refractivity contribution in [3.63, 3.8) is 0 Å². The highest BCUT2D eigenvalue weighted by Crippen LogP contribution is 2.24. The van der Waals surface area contributed by atoms with E-state index in [0.717, 1.165) is 5.56 Å². The van der Waals surface area contributed by atoms with Crippen LogP contribution in [0.25, 0.3) is 0 Å². The van der Waals surface area contributed by atoms with Gasteiger partial charge in [-0.25, -0.2) is 8.42 Å². The second kappa shape index (κ2) is 10.1. The van der Waals surface area contributed by atoms with E-state index in [1.807, 2.05) is 6.07 Å². The van der Waals surface area contributed by atoms with Crippen molar-refractivity contribution >= 4 is 33.2 Å². The quantitative estimate of drug-likeness (QED) is 0.434. The zero-order chi connectivity index (χ0) is 24.0. The molecule has 0 spiro atoms. The predicted molar refractivity (Wildman–Crippen MR) is 130 cm³/mol. The molecule has 3 aromatic rings. The molecule has 0 heterocycles. The number of hydrogen-bond acceptors (Lipinski definition) is 4. The Morgan fingerprint density at radius 2 is 1.55 bits per heavy atom. The summed E-state index contributed by atoms with van der Waals surface area (Å²) >= 11 is 0. The van der Waals surface area contributed by atoms with Crippen molar-refractivity contribution in [2.24, 2.45) is 0 Å². The normalized spacial score (nSPS) is 10.8. The van der Waals surface area contributed by atoms with Crippen molar-refractivity contribution in [3.05, 3.63) is 102 Å². The number of anilines is 2. The Kier molecular flexibility index (Phi) is 7.30. The minimum atomic E-state index is -3.93. The fourth-order valence-electron chi connectivity index (χ4n) is 3.16. The zero-order valence-electron chi connectivity index (χ0n) is 18.4. The molecular formula is C25H25N3O4S. The first-order chi connectivity index (χ1) is 15.7. The number of para-hydroxylation sites is 2. The number of sulfonamides is 1. The van der Waals surface area contributed by atoms with Gasteiger partial charge in [0.1, 0.15) is 0 Å². The minimum Gasteiger partial charge on any atom is -0.349 e. The Balaban J connectivity index is 1.88. The van der Waals surface area contributed by atoms with Gasteiger partial charge in [0.2, 0.25) is 0 Å². The molecule has 0 bridgehead atoms. The minimum absolute atomic E-state index is 0.00425. The average Bonchev–Trinajstić information content (AvgIpc) is 2.79. The average molecular weight is 464 g/mol. The van der Waals surface area contributed by atoms with Gasteiger partial charge in [-0.15, -0.1) is 6.58 Å². The first-order valence-electron chi connectivity index (χ1n) is 10.2. The van der Waals surface area contributed by atoms with Crippen LogP contribution in [0, 0.1) is 13.8 Å². The number of nitrogens with one attached hydrogen (secondary N) is 3. The summed E-state index contributed by atoms with van der Waals surface area (Å²) in [4.78, 5) is 25.3. The summed E-state index contributed by atoms with van der Waals surface area (Å²) in [5, 5.41) is 5.37. The molecule has 0 aliphatic rings. The van der Waals surface area contributed by atoms with Gasteiger partial charge in [0, 0.05) is 12.1 Å². The van der Waals surface area contributed by atoms with Crippen LogP contribution in [-0.4, -0.2) is 26.8 Å². The molecule has 7 nitrogen and oxygen atoms in total. The van der Waals surface area contributed by atoms with E-state index in [0.29, 0.717) is 16.9 Å². The van der Waals surface area contributed by atoms with Gasteiger partial charge in [0.15, 0.2) is 0 Å². The molecule has 0 atom stereocenters. The molecule has 0 radical (unpaired) electrons. The Labute approximate surface area is 193 Å². The lowest BCUT2D eigenvalue weighted by atomic mass is 10.1. The summed E-state index contributed by atoms with van der Waals surface area (Å²) in [5.74, 6) is -0.897. The summed E-state index contributed by atoms with van der Waals surface area (Å²) in [7, 11) is -3.93. The first-order valence-corrected chi connectivity index (χ1v) is 11.7. The third kappa shape index (κ3) is 5.67. The van der Waals surface area contributed by atoms with Gasteiger partial charge in [0.25, 0.3) is 21.8 Å². The Bertz CT molecular complexity index is 1320. The number of benzene rings is 3. The summed E-state index contributed by atoms with van der Waals surface area (Å²) < 4.78 is 28.7. The van der Waals surface area contributed by atoms with Crippen molar-refractivity contribution in [1.82, 2.24) is 5.32 Å². The van der Waals surface area contributed by atoms with Crippen molar-refractivity contribution < 1.29 is 18.0 Å². The molecule has 33 heavy (non-hydrogen) atoms. The molecule has 0 saturated carbocycles. The van der Waals surface area contributed by atoms with Crippen LogP contribution in [0.3, 0.4) is 0 Å². The lowest BCUT2D eigenvalue weighted by Crippen LogP contribution is -2.25. The topological polar surface area (TPSA) is 104 Å². The first kappa shape index (κ1) is 23.7. The van der Waals surface area contributed by atoms with Crippen LogP contribution in [0.4, 0.5) is 11.4 Å². The number of aryl methyl sites for hydroxylation is 2. The number of rotatable bonds is 8. The van der Waals surface area contributed by atoms with Crippen LogP contribution in [0.2, 0.25) is 0 Å². The Hall–Kier alpha value is -3.91. The second-order valence-corrected chi connectivity index (χ2v) is 9.05. The van der Waals surface area contributed by atoms with Gasteiger partial charge in [-0.05, 0) is 55.3 Å². The van der Waals surface area contributed by atoms with Crippen LogP contribution in [0.5, 0.6) is 0 Å². The number of carbonyl (C=O) groups excluding carboxylic acids is 2. The maximum absolute atomic E-state index is 13.0. The van der Waals surface area contributed by atoms with Gasteiger partial charge in [-0.2, -0.15) is 0 Å². The fraction of sp³-hybridized carbons (Fsp3) is 0.120. The molecule has 3 N–H and O–H groups in total. The monoisotopic (exact) mass is 463 g/mol. The molecule has 2 amide bonds. The smallest absolute Gasteiger partial charge is 0.262 e. The third-order valence-electron chi connectivity index (χ3n) is 4.96. The van der Waals surface area contributed by atoms with E-state index in [-0.39, 0.29) is 28.5 Å². The van der Waals surface area contributed by atoms with Gasteiger partial charge in [0.05, 0.1) is 21.8 Å². The molecule has 0 aliphatic heterocycles. The lowest BCUT2D eigenvalue weighted by molar-refractivity contribution is 0.0959. The van der Waals surface area contributed by atoms with Crippen molar-refractivity contribution in [3.8, 4) is 0 Å². The van der Waals surface area contributed by atoms with E-state index >= 15 is 0 Å². The molecule has 0 aliphatic carbocycles. The largest absolute Gasteiger partial charge is 0.349 e. The third-order valence-corrected chi connectivity index (χ3v) is 6.46. The molecule has 170 valence electrons. The summed E-state index contributed by atoms with van der Waals surface area (Å²) in [6, 6.07) is 18.0. The van der Waals surface area contributed by atoms with Crippen molar-refractivity contribution in [1.29, 1.82) is 0 Å². The Morgan fingerprint density at radius 1 is 0.879 bits per heavy atom. The van der Waals surface area contributed by atoms with Crippen LogP contribution < -0.4 is 15.4 Å². The summed E-state index contributed by atoms with van der Waals surface area (Å²) in [6.07, 6.45) is 1.55. The molecule has 0 fully saturated rings. The maximum Gasteiger partial charge on any atom is 0.262 e. The fourth-order valence-corrected chi connectivity index (χ4v) is 4.57. The van der Waals surface area contributed by atoms with Crippen LogP contribution in [0.1, 0.15) is 31.8 Å². The van der Waals surface area contributed by atoms with E-state index in [2.05, 4.69) is 21.9 Å². The standard InChI is InChI=1S/C25H25N3O4S/c1-4-15-26-25(30)20-10-6-8-12-22(20)27-24(29)19-14-13-18(3)23(16-19)33(31,32)28-21-11-7-5-9-17(21)2/h4-14,16,28H,1,15H2,2-3H3,(H,26,30)(H,27,29). The van der Waals surface area contributed by atoms with E-state index in [4.69, 9.17) is 0 Å². The molecule has 3 aromatic carbocycles. The highest BCUT2D eigenvalue weighted by Gasteiger charge is 2.21. The molecular weight excluding hydrogens is 438 g/mol. The number of hydrogen-bond donors (Lipinski definition) is 3. The van der Waals surface area contributed by atoms with Gasteiger partial charge in [-0.1, -0.05) is 42.5 Å². The molecule has 0 saturated heterocycles. The molecule has 3 rings (SSSR count). The van der Waals surface area contributed by atoms with Gasteiger partial charge < -0.3 is 10.6 Å². The highest BCUT2D eigenvalue weighted by atomic mass is 32.2. The van der Waals surface area contributed by atoms with E-state index < -0.39 is 15.9 Å². The van der Waals surface area contributed by atoms with Crippen LogP contribution >= 0.6 is 0 Å². The van der Waals surface area contributed by atoms with Crippen molar-refractivity contribution in [2.45, 2.75) is 18.7 Å². The van der Waals surface area contributed by atoms with Gasteiger partial charge in [-0.3, -0.25) is 14.3 Å². The zero-order valence-corrected chi connectivity index (χ0v) is 19.2. The highest BCUT2D eigenvalue weighted by molar-refractivity contribution is 7.92. The Morgan fingerprint density at radius 3 is 2.24 bits per heavy atom. The molecule has 0 unspecified atom stereocenters. The van der Waals surface area contributed by atoms with Crippen LogP contribution in [0.15, 0.2) is 84.3 Å². The molecule has 0 aromatic heterocycles. The number of amides is 2. The SMILES string of the molecule is C=CCNC(=O)c1ccccc1NC(=O)c1ccc(C)c(S(=O)(=O)Nc2ccccc2C)c1. The number of carbonyl (C=O) groups is 2. The summed E-state index contributed by atoms with van der Waals surface area (Å²) in [5.41, 5.74) is 2.48. The van der Waals surface area contributed by atoms with E-state index in [9.17, 15) is 18.0 Å². The predicted octanol–water partition coefficient (Wildman–Crippen LogP) is 4.27. The van der Waals surface area contributed by atoms with Gasteiger partial charge >= 0.3 is 0 Å². The lowest BCUT2D eigenvalue weighted by Gasteiger charge is -2.14. The summed E-state index contributed by atoms with van der Waals surface area (Å²) in [6.45, 7) is 7.31. The van der Waals surface area contributed by atoms with Crippen LogP contribution in [-0.2, 0) is 10.0 Å². The van der Waals surface area contributed by atoms with Crippen molar-refractivity contribution in [2.75, 3.05) is 16.6 Å². The van der Waals surface area contributed by atoms with E-state index in [1.165, 1.54) is 12.1 Å². The van der Waals surface area contributed by atoms with E-state index in [1.54, 1.807) is 68.5 Å². The maximum atomic E-state index is 13.0. The second-order valence-electron chi connectivity index (χ2n) is 7.40. The molecule has 8 heteroatoms.